The predicted octanol–water partition coefficient (Wildman–Crippen LogP) is 2.49. The fraction of sp³-hybridized carbons (Fsp3) is 0.214. The third kappa shape index (κ3) is 2.63. The lowest BCUT2D eigenvalue weighted by molar-refractivity contribution is 0.464. The number of nitrogen functional groups attached to an aromatic ring is 1. The minimum absolute atomic E-state index is 0.269. The van der Waals surface area contributed by atoms with Crippen molar-refractivity contribution in [2.75, 3.05) is 5.43 Å². The summed E-state index contributed by atoms with van der Waals surface area (Å²) < 4.78 is 7.66. The third-order valence-electron chi connectivity index (χ3n) is 3.02. The molecule has 0 radical (unpaired) electrons. The van der Waals surface area contributed by atoms with Crippen LogP contribution in [0.1, 0.15) is 19.9 Å². The zero-order valence-corrected chi connectivity index (χ0v) is 11.8. The molecule has 3 N–H and O–H groups in total. The van der Waals surface area contributed by atoms with E-state index in [4.69, 9.17) is 10.6 Å². The molecular weight excluding hydrogens is 268 g/mol. The first-order valence-electron chi connectivity index (χ1n) is 6.63. The monoisotopic (exact) mass is 284 g/mol. The van der Waals surface area contributed by atoms with Gasteiger partial charge in [-0.25, -0.2) is 10.8 Å². The number of nitrogens with one attached hydrogen (secondary N) is 1. The topological polar surface area (TPSA) is 90.9 Å². The zero-order valence-electron chi connectivity index (χ0n) is 11.8. The SMILES string of the molecule is CC(C)n1cc(Oc2nc(NN)nc3ccccc23)cn1. The van der Waals surface area contributed by atoms with Gasteiger partial charge in [-0.15, -0.1) is 0 Å². The molecule has 0 aliphatic heterocycles. The van der Waals surface area contributed by atoms with Crippen molar-refractivity contribution in [2.24, 2.45) is 5.84 Å². The highest BCUT2D eigenvalue weighted by atomic mass is 16.5. The van der Waals surface area contributed by atoms with Crippen LogP contribution in [0.4, 0.5) is 5.95 Å². The van der Waals surface area contributed by atoms with Gasteiger partial charge in [0.05, 0.1) is 23.3 Å². The Morgan fingerprint density at radius 1 is 1.24 bits per heavy atom. The van der Waals surface area contributed by atoms with Gasteiger partial charge in [-0.1, -0.05) is 12.1 Å². The van der Waals surface area contributed by atoms with Crippen LogP contribution in [0.2, 0.25) is 0 Å². The molecule has 7 heteroatoms. The summed E-state index contributed by atoms with van der Waals surface area (Å²) in [4.78, 5) is 8.54. The lowest BCUT2D eigenvalue weighted by atomic mass is 10.2. The van der Waals surface area contributed by atoms with Crippen molar-refractivity contribution in [2.45, 2.75) is 19.9 Å². The van der Waals surface area contributed by atoms with E-state index in [1.807, 2.05) is 49.0 Å². The van der Waals surface area contributed by atoms with Crippen molar-refractivity contribution in [1.82, 2.24) is 19.7 Å². The highest BCUT2D eigenvalue weighted by molar-refractivity contribution is 5.84. The summed E-state index contributed by atoms with van der Waals surface area (Å²) in [7, 11) is 0. The molecule has 7 nitrogen and oxygen atoms in total. The number of hydrogen-bond donors (Lipinski definition) is 2. The fourth-order valence-corrected chi connectivity index (χ4v) is 1.96. The van der Waals surface area contributed by atoms with E-state index in [-0.39, 0.29) is 6.04 Å². The van der Waals surface area contributed by atoms with Crippen LogP contribution in [0.15, 0.2) is 36.7 Å². The van der Waals surface area contributed by atoms with E-state index in [0.717, 1.165) is 10.9 Å². The second-order valence-electron chi connectivity index (χ2n) is 4.87. The minimum atomic E-state index is 0.269. The molecule has 0 saturated heterocycles. The third-order valence-corrected chi connectivity index (χ3v) is 3.02. The molecule has 108 valence electrons. The average molecular weight is 284 g/mol. The fourth-order valence-electron chi connectivity index (χ4n) is 1.96. The number of para-hydroxylation sites is 1. The van der Waals surface area contributed by atoms with Crippen molar-refractivity contribution in [3.05, 3.63) is 36.7 Å². The lowest BCUT2D eigenvalue weighted by Crippen LogP contribution is -2.11. The van der Waals surface area contributed by atoms with Crippen molar-refractivity contribution in [1.29, 1.82) is 0 Å². The zero-order chi connectivity index (χ0) is 14.8. The number of fused-ring (bicyclic) bond motifs is 1. The van der Waals surface area contributed by atoms with Crippen LogP contribution in [0.5, 0.6) is 11.6 Å². The van der Waals surface area contributed by atoms with E-state index >= 15 is 0 Å². The molecule has 3 rings (SSSR count). The highest BCUT2D eigenvalue weighted by Crippen LogP contribution is 2.28. The van der Waals surface area contributed by atoms with Crippen LogP contribution in [0, 0.1) is 0 Å². The van der Waals surface area contributed by atoms with E-state index < -0.39 is 0 Å². The average Bonchev–Trinajstić information content (AvgIpc) is 2.96. The summed E-state index contributed by atoms with van der Waals surface area (Å²) in [5.41, 5.74) is 3.20. The summed E-state index contributed by atoms with van der Waals surface area (Å²) in [6.45, 7) is 4.10. The van der Waals surface area contributed by atoms with Crippen molar-refractivity contribution in [3.8, 4) is 11.6 Å². The van der Waals surface area contributed by atoms with Crippen molar-refractivity contribution < 1.29 is 4.74 Å². The van der Waals surface area contributed by atoms with Gasteiger partial charge in [-0.3, -0.25) is 10.1 Å². The van der Waals surface area contributed by atoms with Crippen LogP contribution in [0.25, 0.3) is 10.9 Å². The molecule has 0 aliphatic rings. The molecule has 0 saturated carbocycles. The number of anilines is 1. The maximum atomic E-state index is 5.83. The van der Waals surface area contributed by atoms with Crippen LogP contribution >= 0.6 is 0 Å². The van der Waals surface area contributed by atoms with Crippen molar-refractivity contribution in [3.63, 3.8) is 0 Å². The molecule has 0 amide bonds. The predicted molar refractivity (Wildman–Crippen MR) is 80.0 cm³/mol. The quantitative estimate of drug-likeness (QED) is 0.565. The maximum Gasteiger partial charge on any atom is 0.241 e. The van der Waals surface area contributed by atoms with Gasteiger partial charge in [0.25, 0.3) is 0 Å². The van der Waals surface area contributed by atoms with Gasteiger partial charge in [0.2, 0.25) is 11.8 Å². The first kappa shape index (κ1) is 13.3. The van der Waals surface area contributed by atoms with E-state index in [1.165, 1.54) is 0 Å². The van der Waals surface area contributed by atoms with Crippen LogP contribution in [0.3, 0.4) is 0 Å². The van der Waals surface area contributed by atoms with Gasteiger partial charge in [0.1, 0.15) is 0 Å². The summed E-state index contributed by atoms with van der Waals surface area (Å²) >= 11 is 0. The second-order valence-corrected chi connectivity index (χ2v) is 4.87. The first-order valence-corrected chi connectivity index (χ1v) is 6.63. The number of aromatic nitrogens is 4. The van der Waals surface area contributed by atoms with Gasteiger partial charge < -0.3 is 4.74 Å². The number of benzene rings is 1. The molecular formula is C14H16N6O. The molecule has 0 aliphatic carbocycles. The largest absolute Gasteiger partial charge is 0.435 e. The number of rotatable bonds is 4. The first-order chi connectivity index (χ1) is 10.2. The Morgan fingerprint density at radius 2 is 2.05 bits per heavy atom. The summed E-state index contributed by atoms with van der Waals surface area (Å²) in [5.74, 6) is 6.77. The van der Waals surface area contributed by atoms with Crippen LogP contribution in [-0.2, 0) is 0 Å². The normalized spacial score (nSPS) is 11.0. The van der Waals surface area contributed by atoms with Gasteiger partial charge in [-0.2, -0.15) is 10.1 Å². The Hall–Kier alpha value is -2.67. The number of ether oxygens (including phenoxy) is 1. The molecule has 21 heavy (non-hydrogen) atoms. The van der Waals surface area contributed by atoms with Crippen LogP contribution < -0.4 is 16.0 Å². The number of hydrazine groups is 1. The Balaban J connectivity index is 2.02. The van der Waals surface area contributed by atoms with Crippen LogP contribution in [-0.4, -0.2) is 19.7 Å². The van der Waals surface area contributed by atoms with Crippen molar-refractivity contribution >= 4 is 16.9 Å². The summed E-state index contributed by atoms with van der Waals surface area (Å²) in [6, 6.07) is 7.85. The molecule has 1 aromatic carbocycles. The second kappa shape index (κ2) is 5.37. The Labute approximate surface area is 121 Å². The van der Waals surface area contributed by atoms with Gasteiger partial charge in [0.15, 0.2) is 5.75 Å². The molecule has 2 heterocycles. The van der Waals surface area contributed by atoms with E-state index in [9.17, 15) is 0 Å². The van der Waals surface area contributed by atoms with E-state index in [2.05, 4.69) is 20.5 Å². The molecule has 0 unspecified atom stereocenters. The highest BCUT2D eigenvalue weighted by Gasteiger charge is 2.11. The Morgan fingerprint density at radius 3 is 2.76 bits per heavy atom. The lowest BCUT2D eigenvalue weighted by Gasteiger charge is -2.08. The van der Waals surface area contributed by atoms with Gasteiger partial charge in [0, 0.05) is 6.04 Å². The molecule has 0 bridgehead atoms. The molecule has 0 spiro atoms. The molecule has 0 fully saturated rings. The molecule has 0 atom stereocenters. The maximum absolute atomic E-state index is 5.83. The smallest absolute Gasteiger partial charge is 0.241 e. The Bertz CT molecular complexity index is 767. The minimum Gasteiger partial charge on any atom is -0.435 e. The van der Waals surface area contributed by atoms with E-state index in [1.54, 1.807) is 6.20 Å². The van der Waals surface area contributed by atoms with Gasteiger partial charge in [-0.05, 0) is 26.0 Å². The van der Waals surface area contributed by atoms with E-state index in [0.29, 0.717) is 17.6 Å². The van der Waals surface area contributed by atoms with Gasteiger partial charge >= 0.3 is 0 Å². The number of nitrogens with two attached hydrogens (primary N) is 1. The number of hydrogen-bond acceptors (Lipinski definition) is 6. The molecule has 3 aromatic rings. The molecule has 2 aromatic heterocycles. The number of nitrogens with zero attached hydrogens (tertiary/aromatic N) is 4. The Kier molecular flexibility index (Phi) is 3.41. The standard InChI is InChI=1S/C14H16N6O/c1-9(2)20-8-10(7-16-20)21-13-11-5-3-4-6-12(11)17-14(18-13)19-15/h3-9H,15H2,1-2H3,(H,17,18,19). The summed E-state index contributed by atoms with van der Waals surface area (Å²) in [5, 5.41) is 5.06. The summed E-state index contributed by atoms with van der Waals surface area (Å²) in [6.07, 6.45) is 3.49.